The molecule has 4 nitrogen and oxygen atoms in total. The molecule has 0 bridgehead atoms. The Balaban J connectivity index is 1.75. The minimum atomic E-state index is 0.389. The topological polar surface area (TPSA) is 46.6 Å². The highest BCUT2D eigenvalue weighted by Crippen LogP contribution is 2.27. The summed E-state index contributed by atoms with van der Waals surface area (Å²) in [6, 6.07) is 13.4. The fourth-order valence-electron chi connectivity index (χ4n) is 2.91. The maximum absolute atomic E-state index is 8.39. The summed E-state index contributed by atoms with van der Waals surface area (Å²) in [5, 5.41) is 12.7. The van der Waals surface area contributed by atoms with Crippen molar-refractivity contribution in [3.8, 4) is 10.6 Å². The van der Waals surface area contributed by atoms with Crippen LogP contribution in [0.3, 0.4) is 0 Å². The third-order valence-electron chi connectivity index (χ3n) is 4.11. The predicted octanol–water partition coefficient (Wildman–Crippen LogP) is 4.94. The summed E-state index contributed by atoms with van der Waals surface area (Å²) >= 11 is 13.9. The summed E-state index contributed by atoms with van der Waals surface area (Å²) in [5.41, 5.74) is 4.09. The second-order valence-corrected chi connectivity index (χ2v) is 7.43. The van der Waals surface area contributed by atoms with Crippen molar-refractivity contribution in [2.24, 2.45) is 7.05 Å². The van der Waals surface area contributed by atoms with Crippen molar-refractivity contribution in [3.05, 3.63) is 69.2 Å². The van der Waals surface area contributed by atoms with E-state index in [-0.39, 0.29) is 0 Å². The maximum atomic E-state index is 8.39. The van der Waals surface area contributed by atoms with Crippen molar-refractivity contribution < 1.29 is 0 Å². The fraction of sp³-hybridized carbons (Fsp3) is 0.111. The van der Waals surface area contributed by atoms with Gasteiger partial charge in [0, 0.05) is 23.0 Å². The Labute approximate surface area is 158 Å². The van der Waals surface area contributed by atoms with Gasteiger partial charge in [-0.05, 0) is 24.3 Å². The zero-order chi connectivity index (χ0) is 17.6. The molecule has 0 amide bonds. The predicted molar refractivity (Wildman–Crippen MR) is 103 cm³/mol. The van der Waals surface area contributed by atoms with Crippen molar-refractivity contribution in [3.63, 3.8) is 0 Å². The van der Waals surface area contributed by atoms with Crippen LogP contribution >= 0.6 is 34.5 Å². The molecular formula is C18H14Cl2N4S. The monoisotopic (exact) mass is 388 g/mol. The summed E-state index contributed by atoms with van der Waals surface area (Å²) in [7, 11) is 1.85. The lowest BCUT2D eigenvalue weighted by atomic mass is 10.2. The van der Waals surface area contributed by atoms with Crippen LogP contribution < -0.4 is 5.62 Å². The third kappa shape index (κ3) is 2.88. The number of benzene rings is 2. The molecule has 0 aliphatic carbocycles. The molecule has 4 aromatic rings. The van der Waals surface area contributed by atoms with Gasteiger partial charge in [0.05, 0.1) is 28.3 Å². The van der Waals surface area contributed by atoms with Gasteiger partial charge in [-0.3, -0.25) is 5.41 Å². The molecule has 0 aliphatic heterocycles. The average molecular weight is 389 g/mol. The highest BCUT2D eigenvalue weighted by Gasteiger charge is 2.13. The van der Waals surface area contributed by atoms with Crippen LogP contribution in [0.5, 0.6) is 0 Å². The Morgan fingerprint density at radius 3 is 2.76 bits per heavy atom. The van der Waals surface area contributed by atoms with Gasteiger partial charge in [-0.15, -0.1) is 11.3 Å². The number of halogens is 2. The first kappa shape index (κ1) is 16.4. The summed E-state index contributed by atoms with van der Waals surface area (Å²) in [6.45, 7) is 0.521. The number of para-hydroxylation sites is 1. The molecule has 126 valence electrons. The molecule has 2 heterocycles. The van der Waals surface area contributed by atoms with Gasteiger partial charge >= 0.3 is 0 Å². The molecule has 0 spiro atoms. The highest BCUT2D eigenvalue weighted by atomic mass is 35.5. The average Bonchev–Trinajstić information content (AvgIpc) is 3.15. The molecule has 7 heteroatoms. The molecule has 0 radical (unpaired) electrons. The van der Waals surface area contributed by atoms with Crippen LogP contribution in [-0.2, 0) is 13.6 Å². The van der Waals surface area contributed by atoms with Crippen LogP contribution in [-0.4, -0.2) is 14.1 Å². The first-order valence-corrected chi connectivity index (χ1v) is 9.27. The molecule has 1 N–H and O–H groups in total. The Morgan fingerprint density at radius 2 is 1.96 bits per heavy atom. The Kier molecular flexibility index (Phi) is 4.15. The van der Waals surface area contributed by atoms with Gasteiger partial charge < -0.3 is 9.13 Å². The van der Waals surface area contributed by atoms with Gasteiger partial charge in [0.1, 0.15) is 5.01 Å². The molecule has 0 aliphatic rings. The van der Waals surface area contributed by atoms with E-state index < -0.39 is 0 Å². The van der Waals surface area contributed by atoms with E-state index in [4.69, 9.17) is 33.6 Å². The molecule has 25 heavy (non-hydrogen) atoms. The molecular weight excluding hydrogens is 375 g/mol. The summed E-state index contributed by atoms with van der Waals surface area (Å²) in [5.74, 6) is 0. The van der Waals surface area contributed by atoms with Crippen LogP contribution in [0.25, 0.3) is 21.6 Å². The van der Waals surface area contributed by atoms with E-state index in [1.807, 2.05) is 59.5 Å². The van der Waals surface area contributed by atoms with E-state index in [2.05, 4.69) is 0 Å². The van der Waals surface area contributed by atoms with Crippen LogP contribution in [0.4, 0.5) is 0 Å². The lowest BCUT2D eigenvalue weighted by molar-refractivity contribution is 0.687. The van der Waals surface area contributed by atoms with Crippen molar-refractivity contribution >= 4 is 45.6 Å². The molecule has 0 fully saturated rings. The number of fused-ring (bicyclic) bond motifs is 1. The van der Waals surface area contributed by atoms with Gasteiger partial charge in [0.25, 0.3) is 0 Å². The quantitative estimate of drug-likeness (QED) is 0.530. The summed E-state index contributed by atoms with van der Waals surface area (Å²) in [4.78, 5) is 4.71. The number of hydrogen-bond acceptors (Lipinski definition) is 3. The Morgan fingerprint density at radius 1 is 1.16 bits per heavy atom. The molecule has 4 rings (SSSR count). The molecule has 2 aromatic heterocycles. The molecule has 0 unspecified atom stereocenters. The standard InChI is InChI=1S/C18H14Cl2N4S/c1-23-16-14(20)6-3-7-15(16)24(18(23)21)9-13-10-25-17(22-13)11-4-2-5-12(19)8-11/h2-8,10,21H,9H2,1H3. The highest BCUT2D eigenvalue weighted by molar-refractivity contribution is 7.13. The minimum Gasteiger partial charge on any atom is -0.312 e. The second-order valence-electron chi connectivity index (χ2n) is 5.73. The summed E-state index contributed by atoms with van der Waals surface area (Å²) in [6.07, 6.45) is 0. The number of rotatable bonds is 3. The Hall–Kier alpha value is -2.08. The SMILES string of the molecule is Cn1c(=N)n(Cc2csc(-c3cccc(Cl)c3)n2)c2cccc(Cl)c21. The number of thiazole rings is 1. The Bertz CT molecular complexity index is 1140. The van der Waals surface area contributed by atoms with Crippen molar-refractivity contribution in [1.82, 2.24) is 14.1 Å². The number of aryl methyl sites for hydroxylation is 1. The van der Waals surface area contributed by atoms with Crippen molar-refractivity contribution in [2.45, 2.75) is 6.54 Å². The smallest absolute Gasteiger partial charge is 0.203 e. The number of aromatic nitrogens is 3. The zero-order valence-corrected chi connectivity index (χ0v) is 15.7. The van der Waals surface area contributed by atoms with Gasteiger partial charge in [-0.25, -0.2) is 4.98 Å². The number of nitrogens with one attached hydrogen (secondary N) is 1. The second kappa shape index (κ2) is 6.33. The first-order chi connectivity index (χ1) is 12.0. The summed E-state index contributed by atoms with van der Waals surface area (Å²) < 4.78 is 3.71. The fourth-order valence-corrected chi connectivity index (χ4v) is 4.21. The largest absolute Gasteiger partial charge is 0.312 e. The molecule has 2 aromatic carbocycles. The molecule has 0 saturated heterocycles. The van der Waals surface area contributed by atoms with E-state index >= 15 is 0 Å². The van der Waals surface area contributed by atoms with E-state index in [1.54, 1.807) is 15.9 Å². The zero-order valence-electron chi connectivity index (χ0n) is 13.3. The number of imidazole rings is 1. The first-order valence-electron chi connectivity index (χ1n) is 7.63. The lowest BCUT2D eigenvalue weighted by Crippen LogP contribution is -2.23. The maximum Gasteiger partial charge on any atom is 0.203 e. The van der Waals surface area contributed by atoms with Gasteiger partial charge in [-0.2, -0.15) is 0 Å². The normalized spacial score (nSPS) is 11.3. The lowest BCUT2D eigenvalue weighted by Gasteiger charge is -2.02. The number of hydrogen-bond donors (Lipinski definition) is 1. The van der Waals surface area contributed by atoms with E-state index in [0.29, 0.717) is 22.2 Å². The third-order valence-corrected chi connectivity index (χ3v) is 5.59. The van der Waals surface area contributed by atoms with Crippen LogP contribution in [0.15, 0.2) is 47.8 Å². The minimum absolute atomic E-state index is 0.389. The van der Waals surface area contributed by atoms with Gasteiger partial charge in [0.2, 0.25) is 5.62 Å². The van der Waals surface area contributed by atoms with E-state index in [1.165, 1.54) is 0 Å². The molecule has 0 atom stereocenters. The van der Waals surface area contributed by atoms with Crippen LogP contribution in [0.2, 0.25) is 10.0 Å². The van der Waals surface area contributed by atoms with Gasteiger partial charge in [-0.1, -0.05) is 41.4 Å². The number of nitrogens with zero attached hydrogens (tertiary/aromatic N) is 3. The van der Waals surface area contributed by atoms with Crippen LogP contribution in [0, 0.1) is 5.41 Å². The van der Waals surface area contributed by atoms with E-state index in [9.17, 15) is 0 Å². The van der Waals surface area contributed by atoms with E-state index in [0.717, 1.165) is 27.3 Å². The van der Waals surface area contributed by atoms with Gasteiger partial charge in [0.15, 0.2) is 0 Å². The van der Waals surface area contributed by atoms with Crippen molar-refractivity contribution in [2.75, 3.05) is 0 Å². The van der Waals surface area contributed by atoms with Crippen molar-refractivity contribution in [1.29, 1.82) is 5.41 Å². The molecule has 0 saturated carbocycles. The van der Waals surface area contributed by atoms with Crippen LogP contribution in [0.1, 0.15) is 5.69 Å².